The van der Waals surface area contributed by atoms with Crippen LogP contribution in [0.25, 0.3) is 0 Å². The normalized spacial score (nSPS) is 17.3. The Kier molecular flexibility index (Phi) is 4.90. The van der Waals surface area contributed by atoms with Crippen molar-refractivity contribution in [3.8, 4) is 0 Å². The molecule has 1 aromatic carbocycles. The molecule has 18 heavy (non-hydrogen) atoms. The van der Waals surface area contributed by atoms with Gasteiger partial charge in [-0.05, 0) is 43.5 Å². The van der Waals surface area contributed by atoms with Gasteiger partial charge in [0.1, 0.15) is 0 Å². The molecule has 1 aliphatic rings. The average molecular weight is 267 g/mol. The first-order chi connectivity index (χ1) is 8.65. The van der Waals surface area contributed by atoms with Gasteiger partial charge in [-0.25, -0.2) is 0 Å². The summed E-state index contributed by atoms with van der Waals surface area (Å²) in [5.41, 5.74) is 7.97. The van der Waals surface area contributed by atoms with Crippen LogP contribution in [0.4, 0.5) is 5.69 Å². The van der Waals surface area contributed by atoms with Crippen LogP contribution in [0.3, 0.4) is 0 Å². The molecule has 1 fully saturated rings. The minimum atomic E-state index is 0.714. The molecule has 0 aromatic heterocycles. The highest BCUT2D eigenvalue weighted by Crippen LogP contribution is 2.25. The number of hydrogen-bond acceptors (Lipinski definition) is 2. The van der Waals surface area contributed by atoms with Crippen molar-refractivity contribution in [1.82, 2.24) is 4.90 Å². The Labute approximate surface area is 115 Å². The van der Waals surface area contributed by atoms with Crippen LogP contribution in [0.1, 0.15) is 37.7 Å². The SMILES string of the molecule is CN(Cc1ccc(Cl)cc1N)CC1CCCCC1. The molecule has 0 spiro atoms. The summed E-state index contributed by atoms with van der Waals surface area (Å²) >= 11 is 5.92. The van der Waals surface area contributed by atoms with Gasteiger partial charge in [-0.3, -0.25) is 0 Å². The summed E-state index contributed by atoms with van der Waals surface area (Å²) in [7, 11) is 2.18. The van der Waals surface area contributed by atoms with Crippen LogP contribution in [0, 0.1) is 5.92 Å². The third kappa shape index (κ3) is 3.89. The van der Waals surface area contributed by atoms with Crippen molar-refractivity contribution < 1.29 is 0 Å². The molecule has 0 heterocycles. The van der Waals surface area contributed by atoms with E-state index in [0.717, 1.165) is 18.2 Å². The Morgan fingerprint density at radius 2 is 2.00 bits per heavy atom. The van der Waals surface area contributed by atoms with Crippen LogP contribution in [0.15, 0.2) is 18.2 Å². The molecular formula is C15H23ClN2. The zero-order valence-corrected chi connectivity index (χ0v) is 11.9. The monoisotopic (exact) mass is 266 g/mol. The van der Waals surface area contributed by atoms with Crippen molar-refractivity contribution in [2.45, 2.75) is 38.6 Å². The van der Waals surface area contributed by atoms with Crippen molar-refractivity contribution in [2.75, 3.05) is 19.3 Å². The van der Waals surface area contributed by atoms with E-state index in [0.29, 0.717) is 5.02 Å². The molecular weight excluding hydrogens is 244 g/mol. The van der Waals surface area contributed by atoms with Crippen LogP contribution < -0.4 is 5.73 Å². The van der Waals surface area contributed by atoms with Gasteiger partial charge in [0.05, 0.1) is 0 Å². The molecule has 2 nitrogen and oxygen atoms in total. The van der Waals surface area contributed by atoms with Gasteiger partial charge in [0.25, 0.3) is 0 Å². The van der Waals surface area contributed by atoms with Gasteiger partial charge < -0.3 is 10.6 Å². The summed E-state index contributed by atoms with van der Waals surface area (Å²) in [6.07, 6.45) is 7.01. The van der Waals surface area contributed by atoms with E-state index in [-0.39, 0.29) is 0 Å². The lowest BCUT2D eigenvalue weighted by atomic mass is 9.89. The summed E-state index contributed by atoms with van der Waals surface area (Å²) < 4.78 is 0. The first-order valence-corrected chi connectivity index (χ1v) is 7.25. The highest BCUT2D eigenvalue weighted by atomic mass is 35.5. The quantitative estimate of drug-likeness (QED) is 0.837. The molecule has 0 unspecified atom stereocenters. The van der Waals surface area contributed by atoms with Crippen LogP contribution in [-0.2, 0) is 6.54 Å². The molecule has 0 bridgehead atoms. The number of nitrogens with zero attached hydrogens (tertiary/aromatic N) is 1. The smallest absolute Gasteiger partial charge is 0.0426 e. The second-order valence-electron chi connectivity index (χ2n) is 5.54. The van der Waals surface area contributed by atoms with E-state index in [9.17, 15) is 0 Å². The fourth-order valence-corrected chi connectivity index (χ4v) is 3.06. The van der Waals surface area contributed by atoms with Crippen molar-refractivity contribution in [3.05, 3.63) is 28.8 Å². The summed E-state index contributed by atoms with van der Waals surface area (Å²) in [5, 5.41) is 0.714. The van der Waals surface area contributed by atoms with E-state index in [4.69, 9.17) is 17.3 Å². The fraction of sp³-hybridized carbons (Fsp3) is 0.600. The Morgan fingerprint density at radius 3 is 2.67 bits per heavy atom. The van der Waals surface area contributed by atoms with Gasteiger partial charge in [0.2, 0.25) is 0 Å². The standard InChI is InChI=1S/C15H23ClN2/c1-18(10-12-5-3-2-4-6-12)11-13-7-8-14(16)9-15(13)17/h7-9,12H,2-6,10-11,17H2,1H3. The highest BCUT2D eigenvalue weighted by molar-refractivity contribution is 6.30. The zero-order valence-electron chi connectivity index (χ0n) is 11.2. The zero-order chi connectivity index (χ0) is 13.0. The third-order valence-electron chi connectivity index (χ3n) is 3.84. The van der Waals surface area contributed by atoms with Gasteiger partial charge in [0.15, 0.2) is 0 Å². The molecule has 3 heteroatoms. The molecule has 1 saturated carbocycles. The molecule has 1 aromatic rings. The molecule has 0 atom stereocenters. The minimum Gasteiger partial charge on any atom is -0.398 e. The van der Waals surface area contributed by atoms with Gasteiger partial charge in [-0.1, -0.05) is 36.9 Å². The van der Waals surface area contributed by atoms with Gasteiger partial charge in [-0.15, -0.1) is 0 Å². The molecule has 0 saturated heterocycles. The second kappa shape index (κ2) is 6.44. The lowest BCUT2D eigenvalue weighted by Crippen LogP contribution is -2.27. The average Bonchev–Trinajstić information content (AvgIpc) is 2.34. The van der Waals surface area contributed by atoms with Crippen LogP contribution >= 0.6 is 11.6 Å². The highest BCUT2D eigenvalue weighted by Gasteiger charge is 2.15. The second-order valence-corrected chi connectivity index (χ2v) is 5.98. The van der Waals surface area contributed by atoms with E-state index in [2.05, 4.69) is 11.9 Å². The topological polar surface area (TPSA) is 29.3 Å². The first-order valence-electron chi connectivity index (χ1n) is 6.87. The maximum Gasteiger partial charge on any atom is 0.0426 e. The van der Waals surface area contributed by atoms with Crippen LogP contribution in [0.5, 0.6) is 0 Å². The summed E-state index contributed by atoms with van der Waals surface area (Å²) in [5.74, 6) is 0.872. The summed E-state index contributed by atoms with van der Waals surface area (Å²) in [6.45, 7) is 2.10. The predicted octanol–water partition coefficient (Wildman–Crippen LogP) is 3.93. The molecule has 0 radical (unpaired) electrons. The van der Waals surface area contributed by atoms with Crippen molar-refractivity contribution >= 4 is 17.3 Å². The van der Waals surface area contributed by atoms with Crippen LogP contribution in [0.2, 0.25) is 5.02 Å². The molecule has 100 valence electrons. The van der Waals surface area contributed by atoms with Crippen LogP contribution in [-0.4, -0.2) is 18.5 Å². The van der Waals surface area contributed by atoms with E-state index < -0.39 is 0 Å². The van der Waals surface area contributed by atoms with Crippen molar-refractivity contribution in [1.29, 1.82) is 0 Å². The maximum absolute atomic E-state index is 5.99. The van der Waals surface area contributed by atoms with Gasteiger partial charge >= 0.3 is 0 Å². The van der Waals surface area contributed by atoms with E-state index in [1.165, 1.54) is 44.2 Å². The first kappa shape index (κ1) is 13.7. The minimum absolute atomic E-state index is 0.714. The fourth-order valence-electron chi connectivity index (χ4n) is 2.88. The number of hydrogen-bond donors (Lipinski definition) is 1. The Hall–Kier alpha value is -0.730. The van der Waals surface area contributed by atoms with Gasteiger partial charge in [0, 0.05) is 23.8 Å². The Bertz CT molecular complexity index is 386. The summed E-state index contributed by atoms with van der Waals surface area (Å²) in [6, 6.07) is 5.79. The lowest BCUT2D eigenvalue weighted by Gasteiger charge is -2.27. The molecule has 0 amide bonds. The number of anilines is 1. The molecule has 2 N–H and O–H groups in total. The number of benzene rings is 1. The van der Waals surface area contributed by atoms with E-state index in [1.807, 2.05) is 18.2 Å². The largest absolute Gasteiger partial charge is 0.398 e. The maximum atomic E-state index is 5.99. The Balaban J connectivity index is 1.87. The van der Waals surface area contributed by atoms with E-state index in [1.54, 1.807) is 0 Å². The lowest BCUT2D eigenvalue weighted by molar-refractivity contribution is 0.228. The van der Waals surface area contributed by atoms with E-state index >= 15 is 0 Å². The molecule has 1 aliphatic carbocycles. The van der Waals surface area contributed by atoms with Crippen molar-refractivity contribution in [3.63, 3.8) is 0 Å². The van der Waals surface area contributed by atoms with Gasteiger partial charge in [-0.2, -0.15) is 0 Å². The molecule has 2 rings (SSSR count). The predicted molar refractivity (Wildman–Crippen MR) is 78.8 cm³/mol. The molecule has 0 aliphatic heterocycles. The summed E-state index contributed by atoms with van der Waals surface area (Å²) in [4.78, 5) is 2.38. The van der Waals surface area contributed by atoms with Crippen molar-refractivity contribution in [2.24, 2.45) is 5.92 Å². The Morgan fingerprint density at radius 1 is 1.28 bits per heavy atom. The number of rotatable bonds is 4. The number of halogens is 1. The number of nitrogens with two attached hydrogens (primary N) is 1. The number of nitrogen functional groups attached to an aromatic ring is 1. The third-order valence-corrected chi connectivity index (χ3v) is 4.08.